The monoisotopic (exact) mass is 283 g/mol. The third-order valence-electron chi connectivity index (χ3n) is 3.53. The number of para-hydroxylation sites is 2. The second kappa shape index (κ2) is 5.77. The molecule has 0 aliphatic carbocycles. The second-order valence-electron chi connectivity index (χ2n) is 4.67. The summed E-state index contributed by atoms with van der Waals surface area (Å²) in [6.07, 6.45) is 0.0376. The van der Waals surface area contributed by atoms with E-state index in [4.69, 9.17) is 4.74 Å². The lowest BCUT2D eigenvalue weighted by Gasteiger charge is -2.29. The van der Waals surface area contributed by atoms with Gasteiger partial charge in [0.2, 0.25) is 0 Å². The number of rotatable bonds is 2. The molecule has 1 aromatic carbocycles. The standard InChI is InChI=1S/C13H17N3O2.ClH/c1-9(12-8-14-6-7-18-12)16-11-5-3-2-4-10(11)15-13(16)17;/h2-5,9,12,14H,6-8H2,1H3,(H,15,17);1H. The number of ether oxygens (including phenoxy) is 1. The van der Waals surface area contributed by atoms with Crippen molar-refractivity contribution in [3.05, 3.63) is 34.7 Å². The van der Waals surface area contributed by atoms with E-state index in [0.717, 1.165) is 24.1 Å². The van der Waals surface area contributed by atoms with Crippen LogP contribution in [0.5, 0.6) is 0 Å². The van der Waals surface area contributed by atoms with Crippen LogP contribution in [0.4, 0.5) is 0 Å². The lowest BCUT2D eigenvalue weighted by Crippen LogP contribution is -2.44. The molecule has 0 bridgehead atoms. The molecule has 2 heterocycles. The lowest BCUT2D eigenvalue weighted by molar-refractivity contribution is -0.000186. The van der Waals surface area contributed by atoms with Crippen molar-refractivity contribution < 1.29 is 4.74 Å². The summed E-state index contributed by atoms with van der Waals surface area (Å²) >= 11 is 0. The van der Waals surface area contributed by atoms with Crippen molar-refractivity contribution in [2.24, 2.45) is 0 Å². The van der Waals surface area contributed by atoms with Crippen LogP contribution in [0, 0.1) is 0 Å². The fraction of sp³-hybridized carbons (Fsp3) is 0.462. The first-order valence-corrected chi connectivity index (χ1v) is 6.29. The Bertz CT molecular complexity index is 601. The molecule has 1 fully saturated rings. The van der Waals surface area contributed by atoms with E-state index in [0.29, 0.717) is 6.61 Å². The molecule has 0 amide bonds. The minimum atomic E-state index is -0.0714. The Morgan fingerprint density at radius 1 is 1.42 bits per heavy atom. The van der Waals surface area contributed by atoms with Gasteiger partial charge in [0.25, 0.3) is 0 Å². The summed E-state index contributed by atoms with van der Waals surface area (Å²) in [4.78, 5) is 14.9. The quantitative estimate of drug-likeness (QED) is 0.873. The molecule has 0 radical (unpaired) electrons. The SMILES string of the molecule is CC(C1CNCCO1)n1c(=O)[nH]c2ccccc21.Cl. The first kappa shape index (κ1) is 14.1. The van der Waals surface area contributed by atoms with Crippen LogP contribution in [0.3, 0.4) is 0 Å². The molecule has 2 aromatic rings. The molecule has 1 aliphatic heterocycles. The molecule has 6 heteroatoms. The highest BCUT2D eigenvalue weighted by molar-refractivity contribution is 5.85. The van der Waals surface area contributed by atoms with Gasteiger partial charge < -0.3 is 15.0 Å². The Morgan fingerprint density at radius 2 is 2.21 bits per heavy atom. The minimum Gasteiger partial charge on any atom is -0.373 e. The van der Waals surface area contributed by atoms with Crippen molar-refractivity contribution in [3.8, 4) is 0 Å². The summed E-state index contributed by atoms with van der Waals surface area (Å²) in [5.41, 5.74) is 1.74. The highest BCUT2D eigenvalue weighted by Crippen LogP contribution is 2.19. The normalized spacial score (nSPS) is 21.0. The molecule has 1 saturated heterocycles. The predicted molar refractivity (Wildman–Crippen MR) is 77.1 cm³/mol. The summed E-state index contributed by atoms with van der Waals surface area (Å²) in [5.74, 6) is 0. The Kier molecular flexibility index (Phi) is 4.29. The molecule has 0 spiro atoms. The number of fused-ring (bicyclic) bond motifs is 1. The summed E-state index contributed by atoms with van der Waals surface area (Å²) in [5, 5.41) is 3.29. The number of halogens is 1. The molecule has 1 aliphatic rings. The Morgan fingerprint density at radius 3 is 2.95 bits per heavy atom. The summed E-state index contributed by atoms with van der Waals surface area (Å²) in [6, 6.07) is 7.76. The van der Waals surface area contributed by atoms with Gasteiger partial charge in [0, 0.05) is 13.1 Å². The maximum Gasteiger partial charge on any atom is 0.326 e. The van der Waals surface area contributed by atoms with Gasteiger partial charge >= 0.3 is 5.69 Å². The number of aromatic nitrogens is 2. The Balaban J connectivity index is 0.00000133. The zero-order chi connectivity index (χ0) is 12.5. The van der Waals surface area contributed by atoms with E-state index in [9.17, 15) is 4.79 Å². The molecular formula is C13H18ClN3O2. The van der Waals surface area contributed by atoms with Gasteiger partial charge in [0.1, 0.15) is 0 Å². The molecule has 104 valence electrons. The average molecular weight is 284 g/mol. The molecule has 3 rings (SSSR count). The largest absolute Gasteiger partial charge is 0.373 e. The highest BCUT2D eigenvalue weighted by Gasteiger charge is 2.24. The number of aromatic amines is 1. The topological polar surface area (TPSA) is 59.0 Å². The van der Waals surface area contributed by atoms with Crippen LogP contribution < -0.4 is 11.0 Å². The molecular weight excluding hydrogens is 266 g/mol. The van der Waals surface area contributed by atoms with E-state index in [-0.39, 0.29) is 30.2 Å². The van der Waals surface area contributed by atoms with Crippen molar-refractivity contribution in [2.75, 3.05) is 19.7 Å². The maximum atomic E-state index is 12.1. The fourth-order valence-corrected chi connectivity index (χ4v) is 2.54. The molecule has 19 heavy (non-hydrogen) atoms. The third-order valence-corrected chi connectivity index (χ3v) is 3.53. The molecule has 2 N–H and O–H groups in total. The number of hydrogen-bond acceptors (Lipinski definition) is 3. The number of nitrogens with one attached hydrogen (secondary N) is 2. The average Bonchev–Trinajstić information content (AvgIpc) is 2.75. The number of hydrogen-bond donors (Lipinski definition) is 2. The number of imidazole rings is 1. The van der Waals surface area contributed by atoms with Gasteiger partial charge in [-0.2, -0.15) is 0 Å². The van der Waals surface area contributed by atoms with Gasteiger partial charge in [-0.05, 0) is 19.1 Å². The van der Waals surface area contributed by atoms with Crippen LogP contribution >= 0.6 is 12.4 Å². The molecule has 2 unspecified atom stereocenters. The van der Waals surface area contributed by atoms with Crippen LogP contribution in [0.15, 0.2) is 29.1 Å². The lowest BCUT2D eigenvalue weighted by atomic mass is 10.1. The van der Waals surface area contributed by atoms with Crippen LogP contribution in [-0.2, 0) is 4.74 Å². The van der Waals surface area contributed by atoms with Crippen molar-refractivity contribution >= 4 is 23.4 Å². The second-order valence-corrected chi connectivity index (χ2v) is 4.67. The number of benzene rings is 1. The molecule has 1 aromatic heterocycles. The summed E-state index contributed by atoms with van der Waals surface area (Å²) < 4.78 is 7.52. The van der Waals surface area contributed by atoms with E-state index < -0.39 is 0 Å². The van der Waals surface area contributed by atoms with Gasteiger partial charge in [-0.25, -0.2) is 4.79 Å². The molecule has 2 atom stereocenters. The Labute approximate surface area is 117 Å². The highest BCUT2D eigenvalue weighted by atomic mass is 35.5. The first-order chi connectivity index (χ1) is 8.77. The van der Waals surface area contributed by atoms with E-state index in [1.165, 1.54) is 0 Å². The maximum absolute atomic E-state index is 12.1. The van der Waals surface area contributed by atoms with Crippen LogP contribution in [0.1, 0.15) is 13.0 Å². The zero-order valence-electron chi connectivity index (χ0n) is 10.8. The van der Waals surface area contributed by atoms with E-state index in [2.05, 4.69) is 10.3 Å². The van der Waals surface area contributed by atoms with Crippen molar-refractivity contribution in [3.63, 3.8) is 0 Å². The predicted octanol–water partition coefficient (Wildman–Crippen LogP) is 1.30. The van der Waals surface area contributed by atoms with Gasteiger partial charge in [0.15, 0.2) is 0 Å². The van der Waals surface area contributed by atoms with Crippen molar-refractivity contribution in [1.29, 1.82) is 0 Å². The first-order valence-electron chi connectivity index (χ1n) is 6.29. The van der Waals surface area contributed by atoms with E-state index >= 15 is 0 Å². The third kappa shape index (κ3) is 2.54. The van der Waals surface area contributed by atoms with Crippen LogP contribution in [0.25, 0.3) is 11.0 Å². The van der Waals surface area contributed by atoms with Gasteiger partial charge in [-0.1, -0.05) is 12.1 Å². The number of morpholine rings is 1. The summed E-state index contributed by atoms with van der Waals surface area (Å²) in [6.45, 7) is 4.39. The fourth-order valence-electron chi connectivity index (χ4n) is 2.54. The number of nitrogens with zero attached hydrogens (tertiary/aromatic N) is 1. The van der Waals surface area contributed by atoms with Gasteiger partial charge in [-0.15, -0.1) is 12.4 Å². The van der Waals surface area contributed by atoms with Crippen molar-refractivity contribution in [2.45, 2.75) is 19.1 Å². The van der Waals surface area contributed by atoms with Crippen molar-refractivity contribution in [1.82, 2.24) is 14.9 Å². The zero-order valence-corrected chi connectivity index (χ0v) is 11.6. The van der Waals surface area contributed by atoms with Crippen LogP contribution in [0.2, 0.25) is 0 Å². The minimum absolute atomic E-state index is 0. The summed E-state index contributed by atoms with van der Waals surface area (Å²) in [7, 11) is 0. The smallest absolute Gasteiger partial charge is 0.326 e. The molecule has 0 saturated carbocycles. The van der Waals surface area contributed by atoms with Gasteiger partial charge in [-0.3, -0.25) is 4.57 Å². The van der Waals surface area contributed by atoms with Crippen LogP contribution in [-0.4, -0.2) is 35.4 Å². The molecule has 5 nitrogen and oxygen atoms in total. The number of H-pyrrole nitrogens is 1. The van der Waals surface area contributed by atoms with E-state index in [1.54, 1.807) is 4.57 Å². The Hall–Kier alpha value is -1.30. The van der Waals surface area contributed by atoms with E-state index in [1.807, 2.05) is 31.2 Å². The van der Waals surface area contributed by atoms with Gasteiger partial charge in [0.05, 0.1) is 29.8 Å².